The summed E-state index contributed by atoms with van der Waals surface area (Å²) in [4.78, 5) is 23.8. The highest BCUT2D eigenvalue weighted by atomic mass is 32.2. The van der Waals surface area contributed by atoms with E-state index < -0.39 is 21.8 Å². The van der Waals surface area contributed by atoms with Gasteiger partial charge in [-0.25, -0.2) is 13.2 Å². The Bertz CT molecular complexity index is 1040. The molecule has 154 valence electrons. The lowest BCUT2D eigenvalue weighted by atomic mass is 10.0. The van der Waals surface area contributed by atoms with Crippen molar-refractivity contribution in [3.8, 4) is 11.5 Å². The number of rotatable bonds is 7. The maximum Gasteiger partial charge on any atom is 0.338 e. The summed E-state index contributed by atoms with van der Waals surface area (Å²) < 4.78 is 38.8. The van der Waals surface area contributed by atoms with E-state index in [4.69, 9.17) is 14.2 Å². The van der Waals surface area contributed by atoms with Gasteiger partial charge in [0.15, 0.2) is 21.3 Å². The van der Waals surface area contributed by atoms with E-state index in [0.717, 1.165) is 6.26 Å². The number of carbonyl (C=O) groups excluding carboxylic acids is 2. The molecule has 0 fully saturated rings. The normalized spacial score (nSPS) is 11.7. The number of benzene rings is 2. The van der Waals surface area contributed by atoms with Crippen LogP contribution >= 0.6 is 0 Å². The van der Waals surface area contributed by atoms with Crippen LogP contribution in [0.25, 0.3) is 11.6 Å². The highest BCUT2D eigenvalue weighted by Crippen LogP contribution is 2.30. The molecule has 0 amide bonds. The second-order valence-electron chi connectivity index (χ2n) is 6.08. The van der Waals surface area contributed by atoms with Crippen LogP contribution in [0.2, 0.25) is 0 Å². The molecule has 7 nitrogen and oxygen atoms in total. The van der Waals surface area contributed by atoms with Crippen LogP contribution in [-0.2, 0) is 24.2 Å². The molecule has 2 aromatic carbocycles. The van der Waals surface area contributed by atoms with Crippen LogP contribution in [0.1, 0.15) is 25.0 Å². The maximum absolute atomic E-state index is 12.5. The van der Waals surface area contributed by atoms with Crippen molar-refractivity contribution in [2.45, 2.75) is 18.7 Å². The Morgan fingerprint density at radius 1 is 1.03 bits per heavy atom. The fourth-order valence-corrected chi connectivity index (χ4v) is 3.16. The minimum absolute atomic E-state index is 0.150. The Balaban J connectivity index is 2.51. The third-order valence-electron chi connectivity index (χ3n) is 3.84. The van der Waals surface area contributed by atoms with Crippen molar-refractivity contribution >= 4 is 33.4 Å². The lowest BCUT2D eigenvalue weighted by molar-refractivity contribution is -0.136. The summed E-state index contributed by atoms with van der Waals surface area (Å²) in [7, 11) is -1.92. The third kappa shape index (κ3) is 5.92. The van der Waals surface area contributed by atoms with Crippen molar-refractivity contribution in [3.05, 3.63) is 53.6 Å². The van der Waals surface area contributed by atoms with Crippen molar-refractivity contribution < 1.29 is 32.2 Å². The number of hydrogen-bond donors (Lipinski definition) is 0. The minimum Gasteiger partial charge on any atom is -0.493 e. The summed E-state index contributed by atoms with van der Waals surface area (Å²) in [6.45, 7) is 3.16. The van der Waals surface area contributed by atoms with Crippen molar-refractivity contribution in [1.29, 1.82) is 0 Å². The molecule has 0 atom stereocenters. The SMILES string of the molecule is CCOC(=O)/C(=C/c1ccc(OC(C)=O)c(OC)c1)c1ccc(S(C)(=O)=O)cc1. The average Bonchev–Trinajstić information content (AvgIpc) is 2.66. The van der Waals surface area contributed by atoms with Crippen LogP contribution in [-0.4, -0.2) is 40.3 Å². The zero-order valence-corrected chi connectivity index (χ0v) is 17.4. The second-order valence-corrected chi connectivity index (χ2v) is 8.09. The summed E-state index contributed by atoms with van der Waals surface area (Å²) in [5, 5.41) is 0. The summed E-state index contributed by atoms with van der Waals surface area (Å²) in [5.74, 6) is -0.454. The number of esters is 2. The monoisotopic (exact) mass is 418 g/mol. The lowest BCUT2D eigenvalue weighted by Gasteiger charge is -2.11. The van der Waals surface area contributed by atoms with Crippen LogP contribution in [0.5, 0.6) is 11.5 Å². The highest BCUT2D eigenvalue weighted by Gasteiger charge is 2.16. The van der Waals surface area contributed by atoms with E-state index in [2.05, 4.69) is 0 Å². The van der Waals surface area contributed by atoms with Crippen LogP contribution in [0, 0.1) is 0 Å². The van der Waals surface area contributed by atoms with E-state index >= 15 is 0 Å². The van der Waals surface area contributed by atoms with E-state index in [9.17, 15) is 18.0 Å². The lowest BCUT2D eigenvalue weighted by Crippen LogP contribution is -2.07. The Morgan fingerprint density at radius 2 is 1.69 bits per heavy atom. The maximum atomic E-state index is 12.5. The molecule has 0 aliphatic rings. The molecule has 0 saturated heterocycles. The molecule has 0 unspecified atom stereocenters. The van der Waals surface area contributed by atoms with Crippen molar-refractivity contribution in [1.82, 2.24) is 0 Å². The van der Waals surface area contributed by atoms with Crippen molar-refractivity contribution in [2.24, 2.45) is 0 Å². The minimum atomic E-state index is -3.35. The van der Waals surface area contributed by atoms with Gasteiger partial charge in [-0.15, -0.1) is 0 Å². The Hall–Kier alpha value is -3.13. The van der Waals surface area contributed by atoms with Gasteiger partial charge in [-0.1, -0.05) is 18.2 Å². The van der Waals surface area contributed by atoms with E-state index in [0.29, 0.717) is 16.9 Å². The van der Waals surface area contributed by atoms with E-state index in [-0.39, 0.29) is 22.8 Å². The molecule has 2 aromatic rings. The van der Waals surface area contributed by atoms with Gasteiger partial charge in [0.05, 0.1) is 24.2 Å². The van der Waals surface area contributed by atoms with Gasteiger partial charge in [0.1, 0.15) is 0 Å². The quantitative estimate of drug-likeness (QED) is 0.295. The summed E-state index contributed by atoms with van der Waals surface area (Å²) in [6, 6.07) is 10.8. The molecular formula is C21H22O7S. The molecule has 0 radical (unpaired) electrons. The fraction of sp³-hybridized carbons (Fsp3) is 0.238. The number of sulfone groups is 1. The van der Waals surface area contributed by atoms with Gasteiger partial charge < -0.3 is 14.2 Å². The first-order valence-corrected chi connectivity index (χ1v) is 10.6. The van der Waals surface area contributed by atoms with Gasteiger partial charge in [0.2, 0.25) is 0 Å². The molecule has 0 bridgehead atoms. The largest absolute Gasteiger partial charge is 0.493 e. The number of carbonyl (C=O) groups is 2. The first kappa shape index (κ1) is 22.2. The molecule has 2 rings (SSSR count). The number of methoxy groups -OCH3 is 1. The standard InChI is InChI=1S/C21H22O7S/c1-5-27-21(23)18(16-7-9-17(10-8-16)29(4,24)25)12-15-6-11-19(28-14(2)22)20(13-15)26-3/h6-13H,5H2,1-4H3/b18-12+. The van der Waals surface area contributed by atoms with E-state index in [1.54, 1.807) is 43.3 Å². The molecule has 0 spiro atoms. The van der Waals surface area contributed by atoms with Gasteiger partial charge in [0, 0.05) is 13.2 Å². The van der Waals surface area contributed by atoms with Crippen LogP contribution in [0.15, 0.2) is 47.4 Å². The zero-order chi connectivity index (χ0) is 21.6. The number of ether oxygens (including phenoxy) is 3. The van der Waals surface area contributed by atoms with Crippen LogP contribution < -0.4 is 9.47 Å². The summed E-state index contributed by atoms with van der Waals surface area (Å²) in [5.41, 5.74) is 1.35. The van der Waals surface area contributed by atoms with Crippen LogP contribution in [0.3, 0.4) is 0 Å². The Labute approximate surface area is 169 Å². The van der Waals surface area contributed by atoms with Crippen LogP contribution in [0.4, 0.5) is 0 Å². The van der Waals surface area contributed by atoms with Gasteiger partial charge >= 0.3 is 11.9 Å². The molecule has 29 heavy (non-hydrogen) atoms. The molecule has 0 aromatic heterocycles. The second kappa shape index (κ2) is 9.38. The predicted octanol–water partition coefficient (Wildman–Crippen LogP) is 3.13. The first-order chi connectivity index (χ1) is 13.7. The van der Waals surface area contributed by atoms with Crippen molar-refractivity contribution in [3.63, 3.8) is 0 Å². The average molecular weight is 418 g/mol. The molecule has 0 N–H and O–H groups in total. The zero-order valence-electron chi connectivity index (χ0n) is 16.6. The topological polar surface area (TPSA) is 96.0 Å². The van der Waals surface area contributed by atoms with E-state index in [1.807, 2.05) is 0 Å². The fourth-order valence-electron chi connectivity index (χ4n) is 2.53. The molecule has 8 heteroatoms. The molecule has 0 aliphatic carbocycles. The molecule has 0 saturated carbocycles. The van der Waals surface area contributed by atoms with Gasteiger partial charge in [-0.05, 0) is 48.4 Å². The predicted molar refractivity (Wildman–Crippen MR) is 108 cm³/mol. The Morgan fingerprint density at radius 3 is 2.21 bits per heavy atom. The summed E-state index contributed by atoms with van der Waals surface area (Å²) in [6.07, 6.45) is 2.70. The van der Waals surface area contributed by atoms with Gasteiger partial charge in [-0.3, -0.25) is 4.79 Å². The third-order valence-corrected chi connectivity index (χ3v) is 4.97. The highest BCUT2D eigenvalue weighted by molar-refractivity contribution is 7.90. The Kier molecular flexibility index (Phi) is 7.17. The smallest absolute Gasteiger partial charge is 0.338 e. The van der Waals surface area contributed by atoms with Crippen molar-refractivity contribution in [2.75, 3.05) is 20.0 Å². The first-order valence-electron chi connectivity index (χ1n) is 8.71. The molecule has 0 heterocycles. The van der Waals surface area contributed by atoms with Gasteiger partial charge in [-0.2, -0.15) is 0 Å². The molecular weight excluding hydrogens is 396 g/mol. The van der Waals surface area contributed by atoms with E-state index in [1.165, 1.54) is 26.2 Å². The summed E-state index contributed by atoms with van der Waals surface area (Å²) >= 11 is 0. The molecule has 0 aliphatic heterocycles. The van der Waals surface area contributed by atoms with Gasteiger partial charge in [0.25, 0.3) is 0 Å². The number of hydrogen-bond acceptors (Lipinski definition) is 7.